The molecule has 0 aromatic carbocycles. The van der Waals surface area contributed by atoms with Crippen LogP contribution in [0.1, 0.15) is 33.6 Å². The maximum absolute atomic E-state index is 8.55. The van der Waals surface area contributed by atoms with E-state index in [4.69, 9.17) is 5.26 Å². The number of nitrogens with zero attached hydrogens (tertiary/aromatic N) is 1. The fraction of sp³-hybridized carbons (Fsp3) is 0.615. The van der Waals surface area contributed by atoms with Gasteiger partial charge in [-0.3, -0.25) is 0 Å². The van der Waals surface area contributed by atoms with Crippen molar-refractivity contribution >= 4 is 0 Å². The van der Waals surface area contributed by atoms with Gasteiger partial charge in [0.2, 0.25) is 0 Å². The van der Waals surface area contributed by atoms with E-state index in [1.807, 2.05) is 6.08 Å². The van der Waals surface area contributed by atoms with Crippen LogP contribution >= 0.6 is 0 Å². The molecule has 1 heteroatoms. The Hall–Kier alpha value is -1.03. The molecule has 0 aliphatic heterocycles. The average Bonchev–Trinajstić information content (AvgIpc) is 2.12. The fourth-order valence-corrected chi connectivity index (χ4v) is 2.29. The van der Waals surface area contributed by atoms with Crippen LogP contribution in [0.4, 0.5) is 0 Å². The highest BCUT2D eigenvalue weighted by atomic mass is 14.4. The van der Waals surface area contributed by atoms with Crippen LogP contribution in [-0.4, -0.2) is 0 Å². The predicted octanol–water partition coefficient (Wildman–Crippen LogP) is 3.69. The Morgan fingerprint density at radius 2 is 2.21 bits per heavy atom. The van der Waals surface area contributed by atoms with Gasteiger partial charge in [-0.15, -0.1) is 0 Å². The van der Waals surface area contributed by atoms with Crippen molar-refractivity contribution in [3.63, 3.8) is 0 Å². The zero-order valence-corrected chi connectivity index (χ0v) is 9.38. The SMILES string of the molecule is C=C1CCC(C)C(C)(C)[C@H]1/C=C/C#N. The monoisotopic (exact) mass is 189 g/mol. The highest BCUT2D eigenvalue weighted by molar-refractivity contribution is 5.20. The standard InChI is InChI=1S/C13H19N/c1-10-7-8-11(2)13(3,4)12(10)6-5-9-14/h5-6,11-12H,1,7-8H2,2-4H3/b6-5+/t11?,12-/m0/s1. The highest BCUT2D eigenvalue weighted by Crippen LogP contribution is 2.47. The Kier molecular flexibility index (Phi) is 3.16. The van der Waals surface area contributed by atoms with Crippen molar-refractivity contribution in [2.75, 3.05) is 0 Å². The van der Waals surface area contributed by atoms with E-state index in [0.29, 0.717) is 11.8 Å². The summed E-state index contributed by atoms with van der Waals surface area (Å²) in [4.78, 5) is 0. The number of hydrogen-bond acceptors (Lipinski definition) is 1. The predicted molar refractivity (Wildman–Crippen MR) is 59.6 cm³/mol. The van der Waals surface area contributed by atoms with E-state index in [1.54, 1.807) is 6.08 Å². The average molecular weight is 189 g/mol. The van der Waals surface area contributed by atoms with E-state index in [1.165, 1.54) is 12.0 Å². The minimum Gasteiger partial charge on any atom is -0.193 e. The molecule has 1 aliphatic carbocycles. The van der Waals surface area contributed by atoms with E-state index in [-0.39, 0.29) is 5.41 Å². The number of nitriles is 1. The molecule has 0 N–H and O–H groups in total. The molecular formula is C13H19N. The van der Waals surface area contributed by atoms with E-state index >= 15 is 0 Å². The second-order valence-electron chi connectivity index (χ2n) is 4.89. The molecule has 1 aliphatic rings. The largest absolute Gasteiger partial charge is 0.193 e. The summed E-state index contributed by atoms with van der Waals surface area (Å²) < 4.78 is 0. The van der Waals surface area contributed by atoms with E-state index in [0.717, 1.165) is 6.42 Å². The third-order valence-electron chi connectivity index (χ3n) is 3.77. The Bertz CT molecular complexity index is 291. The summed E-state index contributed by atoms with van der Waals surface area (Å²) >= 11 is 0. The summed E-state index contributed by atoms with van der Waals surface area (Å²) in [7, 11) is 0. The molecule has 0 aromatic heterocycles. The molecule has 1 fully saturated rings. The molecule has 1 nitrogen and oxygen atoms in total. The Balaban J connectivity index is 2.92. The first-order chi connectivity index (χ1) is 6.50. The molecule has 0 radical (unpaired) electrons. The third-order valence-corrected chi connectivity index (χ3v) is 3.77. The normalized spacial score (nSPS) is 31.7. The van der Waals surface area contributed by atoms with Gasteiger partial charge in [-0.05, 0) is 24.2 Å². The first-order valence-electron chi connectivity index (χ1n) is 5.24. The van der Waals surface area contributed by atoms with Gasteiger partial charge < -0.3 is 0 Å². The lowest BCUT2D eigenvalue weighted by Crippen LogP contribution is -2.35. The van der Waals surface area contributed by atoms with Crippen LogP contribution in [0, 0.1) is 28.6 Å². The van der Waals surface area contributed by atoms with E-state index in [2.05, 4.69) is 33.4 Å². The van der Waals surface area contributed by atoms with Gasteiger partial charge in [-0.25, -0.2) is 0 Å². The minimum absolute atomic E-state index is 0.239. The maximum atomic E-state index is 8.55. The molecule has 0 spiro atoms. The topological polar surface area (TPSA) is 23.8 Å². The Morgan fingerprint density at radius 3 is 2.79 bits per heavy atom. The summed E-state index contributed by atoms with van der Waals surface area (Å²) in [6.07, 6.45) is 5.93. The number of allylic oxidation sites excluding steroid dienone is 3. The van der Waals surface area contributed by atoms with Crippen LogP contribution < -0.4 is 0 Å². The zero-order valence-electron chi connectivity index (χ0n) is 9.38. The summed E-state index contributed by atoms with van der Waals surface area (Å²) in [6, 6.07) is 2.07. The van der Waals surface area contributed by atoms with Crippen LogP contribution in [0.25, 0.3) is 0 Å². The van der Waals surface area contributed by atoms with Crippen LogP contribution in [0.15, 0.2) is 24.3 Å². The molecule has 76 valence electrons. The van der Waals surface area contributed by atoms with Crippen molar-refractivity contribution in [3.05, 3.63) is 24.3 Å². The van der Waals surface area contributed by atoms with Crippen LogP contribution in [0.2, 0.25) is 0 Å². The van der Waals surface area contributed by atoms with Gasteiger partial charge in [-0.1, -0.05) is 39.0 Å². The van der Waals surface area contributed by atoms with Gasteiger partial charge in [0.05, 0.1) is 6.07 Å². The second kappa shape index (κ2) is 4.00. The lowest BCUT2D eigenvalue weighted by atomic mass is 9.61. The fourth-order valence-electron chi connectivity index (χ4n) is 2.29. The first-order valence-corrected chi connectivity index (χ1v) is 5.24. The van der Waals surface area contributed by atoms with E-state index in [9.17, 15) is 0 Å². The van der Waals surface area contributed by atoms with Crippen LogP contribution in [0.5, 0.6) is 0 Å². The molecule has 14 heavy (non-hydrogen) atoms. The summed E-state index contributed by atoms with van der Waals surface area (Å²) in [5.41, 5.74) is 1.52. The van der Waals surface area contributed by atoms with Gasteiger partial charge in [0.1, 0.15) is 0 Å². The first kappa shape index (κ1) is 11.0. The third kappa shape index (κ3) is 1.90. The van der Waals surface area contributed by atoms with Gasteiger partial charge in [0.15, 0.2) is 0 Å². The molecule has 1 saturated carbocycles. The van der Waals surface area contributed by atoms with Crippen molar-refractivity contribution in [2.45, 2.75) is 33.6 Å². The lowest BCUT2D eigenvalue weighted by molar-refractivity contribution is 0.141. The van der Waals surface area contributed by atoms with E-state index < -0.39 is 0 Å². The molecule has 1 rings (SSSR count). The van der Waals surface area contributed by atoms with Crippen molar-refractivity contribution in [3.8, 4) is 6.07 Å². The summed E-state index contributed by atoms with van der Waals surface area (Å²) in [6.45, 7) is 11.0. The molecule has 0 bridgehead atoms. The van der Waals surface area contributed by atoms with Crippen LogP contribution in [-0.2, 0) is 0 Å². The van der Waals surface area contributed by atoms with Gasteiger partial charge >= 0.3 is 0 Å². The lowest BCUT2D eigenvalue weighted by Gasteiger charge is -2.43. The molecule has 0 aromatic rings. The molecular weight excluding hydrogens is 170 g/mol. The summed E-state index contributed by atoms with van der Waals surface area (Å²) in [5.74, 6) is 1.06. The number of hydrogen-bond donors (Lipinski definition) is 0. The van der Waals surface area contributed by atoms with Crippen molar-refractivity contribution in [1.82, 2.24) is 0 Å². The second-order valence-corrected chi connectivity index (χ2v) is 4.89. The number of rotatable bonds is 1. The highest BCUT2D eigenvalue weighted by Gasteiger charge is 2.38. The Morgan fingerprint density at radius 1 is 1.57 bits per heavy atom. The van der Waals surface area contributed by atoms with Gasteiger partial charge in [0.25, 0.3) is 0 Å². The quantitative estimate of drug-likeness (QED) is 0.456. The van der Waals surface area contributed by atoms with Crippen molar-refractivity contribution in [1.29, 1.82) is 5.26 Å². The molecule has 0 saturated heterocycles. The minimum atomic E-state index is 0.239. The summed E-state index contributed by atoms with van der Waals surface area (Å²) in [5, 5.41) is 8.55. The molecule has 0 heterocycles. The van der Waals surface area contributed by atoms with Gasteiger partial charge in [0, 0.05) is 12.0 Å². The molecule has 2 atom stereocenters. The van der Waals surface area contributed by atoms with Gasteiger partial charge in [-0.2, -0.15) is 5.26 Å². The van der Waals surface area contributed by atoms with Crippen molar-refractivity contribution < 1.29 is 0 Å². The smallest absolute Gasteiger partial charge is 0.0908 e. The maximum Gasteiger partial charge on any atom is 0.0908 e. The Labute approximate surface area is 87.1 Å². The van der Waals surface area contributed by atoms with Crippen LogP contribution in [0.3, 0.4) is 0 Å². The van der Waals surface area contributed by atoms with Crippen molar-refractivity contribution in [2.24, 2.45) is 17.3 Å². The molecule has 1 unspecified atom stereocenters. The zero-order chi connectivity index (χ0) is 10.8. The molecule has 0 amide bonds.